The minimum atomic E-state index is -0.505. The van der Waals surface area contributed by atoms with Gasteiger partial charge >= 0.3 is 0 Å². The van der Waals surface area contributed by atoms with Crippen LogP contribution in [-0.4, -0.2) is 59.7 Å². The van der Waals surface area contributed by atoms with Crippen LogP contribution < -0.4 is 15.4 Å². The fraction of sp³-hybridized carbons (Fsp3) is 0.346. The monoisotopic (exact) mass is 511 g/mol. The largest absolute Gasteiger partial charge is 0.486 e. The number of carbonyl (C=O) groups is 1. The zero-order valence-electron chi connectivity index (χ0n) is 19.8. The van der Waals surface area contributed by atoms with Gasteiger partial charge in [-0.2, -0.15) is 0 Å². The molecule has 2 saturated heterocycles. The Bertz CT molecular complexity index is 1300. The number of aromatic nitrogens is 2. The highest BCUT2D eigenvalue weighted by Crippen LogP contribution is 2.35. The Morgan fingerprint density at radius 3 is 2.92 bits per heavy atom. The zero-order chi connectivity index (χ0) is 25.1. The number of rotatable bonds is 7. The first-order chi connectivity index (χ1) is 17.5. The average Bonchev–Trinajstić information content (AvgIpc) is 3.52. The number of amides is 1. The lowest BCUT2D eigenvalue weighted by molar-refractivity contribution is -0.112. The van der Waals surface area contributed by atoms with Gasteiger partial charge in [0.2, 0.25) is 5.91 Å². The van der Waals surface area contributed by atoms with Crippen LogP contribution in [0.1, 0.15) is 19.3 Å². The van der Waals surface area contributed by atoms with E-state index in [1.54, 1.807) is 24.3 Å². The van der Waals surface area contributed by atoms with Crippen molar-refractivity contribution in [1.82, 2.24) is 14.9 Å². The van der Waals surface area contributed by atoms with Gasteiger partial charge in [0.25, 0.3) is 0 Å². The second-order valence-corrected chi connectivity index (χ2v) is 9.39. The molecule has 36 heavy (non-hydrogen) atoms. The summed E-state index contributed by atoms with van der Waals surface area (Å²) in [6.07, 6.45) is 7.74. The van der Waals surface area contributed by atoms with Crippen molar-refractivity contribution in [3.63, 3.8) is 0 Å². The normalized spacial score (nSPS) is 20.3. The molecule has 2 fully saturated rings. The number of nitrogens with zero attached hydrogens (tertiary/aromatic N) is 3. The summed E-state index contributed by atoms with van der Waals surface area (Å²) in [6, 6.07) is 8.15. The fourth-order valence-electron chi connectivity index (χ4n) is 4.43. The summed E-state index contributed by atoms with van der Waals surface area (Å²) in [7, 11) is 2.06. The van der Waals surface area contributed by atoms with Gasteiger partial charge in [0.15, 0.2) is 0 Å². The van der Waals surface area contributed by atoms with Crippen molar-refractivity contribution in [1.29, 1.82) is 0 Å². The maximum Gasteiger partial charge on any atom is 0.248 e. The Morgan fingerprint density at radius 1 is 1.28 bits per heavy atom. The van der Waals surface area contributed by atoms with Crippen molar-refractivity contribution in [2.45, 2.75) is 31.4 Å². The van der Waals surface area contributed by atoms with Crippen LogP contribution in [0.3, 0.4) is 0 Å². The van der Waals surface area contributed by atoms with Gasteiger partial charge in [0.05, 0.1) is 29.4 Å². The Morgan fingerprint density at radius 2 is 2.17 bits per heavy atom. The van der Waals surface area contributed by atoms with E-state index in [0.29, 0.717) is 47.1 Å². The molecule has 2 aromatic carbocycles. The Kier molecular flexibility index (Phi) is 7.31. The van der Waals surface area contributed by atoms with E-state index in [0.717, 1.165) is 25.8 Å². The SMILES string of the molecule is CN1CCCC1/C=C/C(=O)Nc1cc2c(Nc3ccc(F)c(Cl)c3)ncnc2cc1O[C@H]1CCOC1. The molecule has 0 saturated carbocycles. The van der Waals surface area contributed by atoms with Crippen molar-refractivity contribution < 1.29 is 18.7 Å². The first-order valence-corrected chi connectivity index (χ1v) is 12.3. The highest BCUT2D eigenvalue weighted by atomic mass is 35.5. The summed E-state index contributed by atoms with van der Waals surface area (Å²) >= 11 is 5.94. The second-order valence-electron chi connectivity index (χ2n) is 8.98. The number of hydrogen-bond acceptors (Lipinski definition) is 7. The van der Waals surface area contributed by atoms with Gasteiger partial charge in [-0.05, 0) is 50.7 Å². The summed E-state index contributed by atoms with van der Waals surface area (Å²) < 4.78 is 25.2. The third-order valence-electron chi connectivity index (χ3n) is 6.41. The number of hydrogen-bond donors (Lipinski definition) is 2. The molecular weight excluding hydrogens is 485 g/mol. The molecule has 2 atom stereocenters. The smallest absolute Gasteiger partial charge is 0.248 e. The first kappa shape index (κ1) is 24.4. The molecule has 1 unspecified atom stereocenters. The second kappa shape index (κ2) is 10.8. The van der Waals surface area contributed by atoms with Crippen molar-refractivity contribution in [2.75, 3.05) is 37.4 Å². The molecule has 3 heterocycles. The topological polar surface area (TPSA) is 88.6 Å². The molecule has 0 bridgehead atoms. The van der Waals surface area contributed by atoms with Gasteiger partial charge in [-0.1, -0.05) is 17.7 Å². The number of ether oxygens (including phenoxy) is 2. The van der Waals surface area contributed by atoms with E-state index in [2.05, 4.69) is 32.5 Å². The minimum absolute atomic E-state index is 0.000442. The number of halogens is 2. The molecule has 8 nitrogen and oxygen atoms in total. The van der Waals surface area contributed by atoms with Crippen LogP contribution in [0.4, 0.5) is 21.6 Å². The molecule has 0 radical (unpaired) electrons. The summed E-state index contributed by atoms with van der Waals surface area (Å²) in [5.41, 5.74) is 1.69. The summed E-state index contributed by atoms with van der Waals surface area (Å²) in [5.74, 6) is 0.234. The number of nitrogens with one attached hydrogen (secondary N) is 2. The maximum atomic E-state index is 13.6. The molecule has 1 aromatic heterocycles. The van der Waals surface area contributed by atoms with Crippen molar-refractivity contribution >= 4 is 45.6 Å². The molecule has 10 heteroatoms. The number of carbonyl (C=O) groups excluding carboxylic acids is 1. The van der Waals surface area contributed by atoms with Crippen LogP contribution in [0, 0.1) is 5.82 Å². The van der Waals surface area contributed by atoms with Gasteiger partial charge in [-0.3, -0.25) is 9.69 Å². The van der Waals surface area contributed by atoms with Crippen LogP contribution in [0.15, 0.2) is 48.8 Å². The average molecular weight is 512 g/mol. The van der Waals surface area contributed by atoms with E-state index in [1.165, 1.54) is 18.5 Å². The molecule has 3 aromatic rings. The van der Waals surface area contributed by atoms with Crippen molar-refractivity contribution in [2.24, 2.45) is 0 Å². The number of anilines is 3. The summed E-state index contributed by atoms with van der Waals surface area (Å²) in [5, 5.41) is 6.77. The lowest BCUT2D eigenvalue weighted by Crippen LogP contribution is -2.23. The predicted molar refractivity (Wildman–Crippen MR) is 138 cm³/mol. The lowest BCUT2D eigenvalue weighted by Gasteiger charge is -2.18. The molecule has 0 aliphatic carbocycles. The van der Waals surface area contributed by atoms with E-state index in [9.17, 15) is 9.18 Å². The van der Waals surface area contributed by atoms with Gasteiger partial charge in [0.1, 0.15) is 29.8 Å². The van der Waals surface area contributed by atoms with Crippen molar-refractivity contribution in [3.8, 4) is 5.75 Å². The van der Waals surface area contributed by atoms with Crippen LogP contribution >= 0.6 is 11.6 Å². The number of fused-ring (bicyclic) bond motifs is 1. The summed E-state index contributed by atoms with van der Waals surface area (Å²) in [6.45, 7) is 2.15. The first-order valence-electron chi connectivity index (χ1n) is 11.9. The fourth-order valence-corrected chi connectivity index (χ4v) is 4.61. The van der Waals surface area contributed by atoms with Gasteiger partial charge < -0.3 is 20.1 Å². The number of likely N-dealkylation sites (N-methyl/N-ethyl adjacent to an activating group) is 1. The molecular formula is C26H27ClFN5O3. The molecule has 2 aliphatic heterocycles. The van der Waals surface area contributed by atoms with Crippen LogP contribution in [0.5, 0.6) is 5.75 Å². The van der Waals surface area contributed by atoms with E-state index >= 15 is 0 Å². The Balaban J connectivity index is 1.46. The predicted octanol–water partition coefficient (Wildman–Crippen LogP) is 4.92. The van der Waals surface area contributed by atoms with E-state index in [1.807, 2.05) is 6.08 Å². The highest BCUT2D eigenvalue weighted by Gasteiger charge is 2.21. The summed E-state index contributed by atoms with van der Waals surface area (Å²) in [4.78, 5) is 23.8. The number of likely N-dealkylation sites (tertiary alicyclic amines) is 1. The lowest BCUT2D eigenvalue weighted by atomic mass is 10.1. The third-order valence-corrected chi connectivity index (χ3v) is 6.69. The molecule has 0 spiro atoms. The highest BCUT2D eigenvalue weighted by molar-refractivity contribution is 6.31. The molecule has 188 valence electrons. The van der Waals surface area contributed by atoms with Crippen LogP contribution in [-0.2, 0) is 9.53 Å². The molecule has 1 amide bonds. The van der Waals surface area contributed by atoms with E-state index in [4.69, 9.17) is 21.1 Å². The quantitative estimate of drug-likeness (QED) is 0.435. The molecule has 2 aliphatic rings. The van der Waals surface area contributed by atoms with Gasteiger partial charge in [-0.15, -0.1) is 0 Å². The van der Waals surface area contributed by atoms with Crippen molar-refractivity contribution in [3.05, 3.63) is 59.7 Å². The van der Waals surface area contributed by atoms with E-state index < -0.39 is 5.82 Å². The van der Waals surface area contributed by atoms with Gasteiger partial charge in [0, 0.05) is 35.7 Å². The van der Waals surface area contributed by atoms with E-state index in [-0.39, 0.29) is 23.1 Å². The van der Waals surface area contributed by atoms with Crippen LogP contribution in [0.25, 0.3) is 10.9 Å². The minimum Gasteiger partial charge on any atom is -0.486 e. The maximum absolute atomic E-state index is 13.6. The molecule has 5 rings (SSSR count). The Labute approximate surface area is 213 Å². The van der Waals surface area contributed by atoms with Gasteiger partial charge in [-0.25, -0.2) is 14.4 Å². The Hall–Kier alpha value is -3.27. The standard InChI is InChI=1S/C26H27ClFN5O3/c1-33-9-2-3-17(33)5-7-25(34)32-23-12-19-22(13-24(23)36-18-8-10-35-14-18)29-15-30-26(19)31-16-4-6-21(28)20(27)11-16/h4-7,11-13,15,17-18H,2-3,8-10,14H2,1H3,(H,32,34)(H,29,30,31)/b7-5+/t17?,18-/m0/s1. The molecule has 2 N–H and O–H groups in total. The zero-order valence-corrected chi connectivity index (χ0v) is 20.6. The number of benzene rings is 2. The third kappa shape index (κ3) is 5.59. The van der Waals surface area contributed by atoms with Crippen LogP contribution in [0.2, 0.25) is 5.02 Å².